The van der Waals surface area contributed by atoms with Crippen LogP contribution in [0.25, 0.3) is 0 Å². The maximum atomic E-state index is 12.2. The lowest BCUT2D eigenvalue weighted by Gasteiger charge is -2.34. The van der Waals surface area contributed by atoms with Gasteiger partial charge in [0.2, 0.25) is 11.8 Å². The molecule has 1 fully saturated rings. The number of aliphatic carboxylic acids is 1. The van der Waals surface area contributed by atoms with Crippen LogP contribution in [-0.2, 0) is 14.4 Å². The zero-order valence-electron chi connectivity index (χ0n) is 14.5. The van der Waals surface area contributed by atoms with Gasteiger partial charge in [0, 0.05) is 18.8 Å². The number of nitrogens with one attached hydrogen (secondary N) is 1. The number of carboxylic acids is 1. The van der Waals surface area contributed by atoms with Crippen LogP contribution >= 0.6 is 11.8 Å². The van der Waals surface area contributed by atoms with E-state index < -0.39 is 5.97 Å². The summed E-state index contributed by atoms with van der Waals surface area (Å²) in [6.45, 7) is 4.77. The SMILES string of the molecule is Cc1ccc(NC(=O)CSCC(=O)N2CCC(C(=O)O)C(C)C2)cc1. The predicted molar refractivity (Wildman–Crippen MR) is 98.6 cm³/mol. The summed E-state index contributed by atoms with van der Waals surface area (Å²) in [4.78, 5) is 36.9. The molecule has 1 heterocycles. The van der Waals surface area contributed by atoms with E-state index in [2.05, 4.69) is 5.32 Å². The van der Waals surface area contributed by atoms with Crippen molar-refractivity contribution in [1.29, 1.82) is 0 Å². The van der Waals surface area contributed by atoms with Gasteiger partial charge in [0.15, 0.2) is 0 Å². The Morgan fingerprint density at radius 1 is 1.24 bits per heavy atom. The van der Waals surface area contributed by atoms with E-state index in [4.69, 9.17) is 5.11 Å². The molecule has 0 radical (unpaired) electrons. The molecule has 0 aromatic heterocycles. The molecule has 0 spiro atoms. The summed E-state index contributed by atoms with van der Waals surface area (Å²) in [6, 6.07) is 7.54. The Bertz CT molecular complexity index is 632. The van der Waals surface area contributed by atoms with Gasteiger partial charge in [0.25, 0.3) is 0 Å². The highest BCUT2D eigenvalue weighted by Crippen LogP contribution is 2.24. The molecule has 1 aromatic carbocycles. The fraction of sp³-hybridized carbons (Fsp3) is 0.500. The van der Waals surface area contributed by atoms with Gasteiger partial charge < -0.3 is 15.3 Å². The quantitative estimate of drug-likeness (QED) is 0.808. The third-order valence-corrected chi connectivity index (χ3v) is 5.29. The maximum Gasteiger partial charge on any atom is 0.306 e. The van der Waals surface area contributed by atoms with Gasteiger partial charge in [0.05, 0.1) is 17.4 Å². The number of nitrogens with zero attached hydrogens (tertiary/aromatic N) is 1. The lowest BCUT2D eigenvalue weighted by Crippen LogP contribution is -2.45. The first-order valence-electron chi connectivity index (χ1n) is 8.31. The monoisotopic (exact) mass is 364 g/mol. The molecule has 1 aliphatic heterocycles. The van der Waals surface area contributed by atoms with Crippen molar-refractivity contribution in [2.24, 2.45) is 11.8 Å². The molecule has 2 N–H and O–H groups in total. The third-order valence-electron chi connectivity index (χ3n) is 4.37. The molecule has 2 unspecified atom stereocenters. The van der Waals surface area contributed by atoms with Crippen molar-refractivity contribution in [1.82, 2.24) is 4.90 Å². The normalized spacial score (nSPS) is 20.2. The minimum absolute atomic E-state index is 0.0381. The van der Waals surface area contributed by atoms with Gasteiger partial charge in [-0.05, 0) is 31.4 Å². The zero-order chi connectivity index (χ0) is 18.4. The van der Waals surface area contributed by atoms with E-state index in [1.165, 1.54) is 11.8 Å². The van der Waals surface area contributed by atoms with Crippen LogP contribution in [0.4, 0.5) is 5.69 Å². The molecule has 2 atom stereocenters. The minimum Gasteiger partial charge on any atom is -0.481 e. The summed E-state index contributed by atoms with van der Waals surface area (Å²) in [5, 5.41) is 11.9. The third kappa shape index (κ3) is 5.77. The van der Waals surface area contributed by atoms with Gasteiger partial charge in [-0.1, -0.05) is 24.6 Å². The summed E-state index contributed by atoms with van der Waals surface area (Å²) in [7, 11) is 0. The summed E-state index contributed by atoms with van der Waals surface area (Å²) in [6.07, 6.45) is 0.487. The number of likely N-dealkylation sites (tertiary alicyclic amines) is 1. The first-order valence-corrected chi connectivity index (χ1v) is 9.47. The number of carboxylic acid groups (broad SMARTS) is 1. The van der Waals surface area contributed by atoms with Crippen molar-refractivity contribution in [2.45, 2.75) is 20.3 Å². The van der Waals surface area contributed by atoms with Crippen LogP contribution in [0, 0.1) is 18.8 Å². The van der Waals surface area contributed by atoms with Crippen molar-refractivity contribution in [2.75, 3.05) is 29.9 Å². The van der Waals surface area contributed by atoms with E-state index >= 15 is 0 Å². The van der Waals surface area contributed by atoms with Crippen molar-refractivity contribution >= 4 is 35.2 Å². The molecule has 1 saturated heterocycles. The number of rotatable bonds is 6. The molecule has 1 aromatic rings. The Kier molecular flexibility index (Phi) is 6.87. The number of piperidine rings is 1. The molecule has 0 saturated carbocycles. The van der Waals surface area contributed by atoms with E-state index in [9.17, 15) is 14.4 Å². The fourth-order valence-corrected chi connectivity index (χ4v) is 3.61. The second kappa shape index (κ2) is 8.89. The number of anilines is 1. The van der Waals surface area contributed by atoms with E-state index in [-0.39, 0.29) is 35.2 Å². The van der Waals surface area contributed by atoms with Crippen LogP contribution in [-0.4, -0.2) is 52.4 Å². The first kappa shape index (κ1) is 19.3. The average Bonchev–Trinajstić information content (AvgIpc) is 2.56. The number of thioether (sulfide) groups is 1. The number of hydrogen-bond donors (Lipinski definition) is 2. The van der Waals surface area contributed by atoms with E-state index in [1.807, 2.05) is 38.1 Å². The van der Waals surface area contributed by atoms with Gasteiger partial charge in [-0.2, -0.15) is 0 Å². The molecule has 6 nitrogen and oxygen atoms in total. The molecule has 2 amide bonds. The topological polar surface area (TPSA) is 86.7 Å². The van der Waals surface area contributed by atoms with Crippen LogP contribution in [0.3, 0.4) is 0 Å². The standard InChI is InChI=1S/C18H24N2O4S/c1-12-3-5-14(6-4-12)19-16(21)10-25-11-17(22)20-8-7-15(18(23)24)13(2)9-20/h3-6,13,15H,7-11H2,1-2H3,(H,19,21)(H,23,24). The maximum absolute atomic E-state index is 12.2. The number of carbonyl (C=O) groups is 3. The fourth-order valence-electron chi connectivity index (χ4n) is 2.90. The Morgan fingerprint density at radius 3 is 2.52 bits per heavy atom. The smallest absolute Gasteiger partial charge is 0.306 e. The van der Waals surface area contributed by atoms with Gasteiger partial charge in [-0.3, -0.25) is 14.4 Å². The van der Waals surface area contributed by atoms with Crippen molar-refractivity contribution in [3.05, 3.63) is 29.8 Å². The molecule has 1 aliphatic rings. The Labute approximate surface area is 152 Å². The predicted octanol–water partition coefficient (Wildman–Crippen LogP) is 2.24. The minimum atomic E-state index is -0.790. The summed E-state index contributed by atoms with van der Waals surface area (Å²) >= 11 is 1.27. The Hall–Kier alpha value is -2.02. The molecular formula is C18H24N2O4S. The summed E-state index contributed by atoms with van der Waals surface area (Å²) < 4.78 is 0. The first-order chi connectivity index (χ1) is 11.9. The second-order valence-corrected chi connectivity index (χ2v) is 7.44. The number of aryl methyl sites for hydroxylation is 1. The average molecular weight is 364 g/mol. The Morgan fingerprint density at radius 2 is 1.92 bits per heavy atom. The molecule has 0 aliphatic carbocycles. The molecule has 136 valence electrons. The highest BCUT2D eigenvalue weighted by molar-refractivity contribution is 8.00. The van der Waals surface area contributed by atoms with Crippen molar-refractivity contribution in [3.63, 3.8) is 0 Å². The highest BCUT2D eigenvalue weighted by atomic mass is 32.2. The van der Waals surface area contributed by atoms with Crippen LogP contribution < -0.4 is 5.32 Å². The van der Waals surface area contributed by atoms with Crippen molar-refractivity contribution in [3.8, 4) is 0 Å². The van der Waals surface area contributed by atoms with Crippen molar-refractivity contribution < 1.29 is 19.5 Å². The number of benzene rings is 1. The van der Waals surface area contributed by atoms with Crippen LogP contribution in [0.2, 0.25) is 0 Å². The van der Waals surface area contributed by atoms with E-state index in [0.717, 1.165) is 11.3 Å². The second-order valence-electron chi connectivity index (χ2n) is 6.46. The molecule has 0 bridgehead atoms. The van der Waals surface area contributed by atoms with Gasteiger partial charge >= 0.3 is 5.97 Å². The number of hydrogen-bond acceptors (Lipinski definition) is 4. The van der Waals surface area contributed by atoms with Crippen LogP contribution in [0.15, 0.2) is 24.3 Å². The Balaban J connectivity index is 1.70. The van der Waals surface area contributed by atoms with Gasteiger partial charge in [-0.15, -0.1) is 11.8 Å². The van der Waals surface area contributed by atoms with Gasteiger partial charge in [0.1, 0.15) is 0 Å². The van der Waals surface area contributed by atoms with E-state index in [0.29, 0.717) is 19.5 Å². The largest absolute Gasteiger partial charge is 0.481 e. The molecule has 25 heavy (non-hydrogen) atoms. The summed E-state index contributed by atoms with van der Waals surface area (Å²) in [5.74, 6) is -0.959. The van der Waals surface area contributed by atoms with Crippen LogP contribution in [0.1, 0.15) is 18.9 Å². The van der Waals surface area contributed by atoms with Gasteiger partial charge in [-0.25, -0.2) is 0 Å². The number of carbonyl (C=O) groups excluding carboxylic acids is 2. The molecule has 2 rings (SSSR count). The highest BCUT2D eigenvalue weighted by Gasteiger charge is 2.32. The molecular weight excluding hydrogens is 340 g/mol. The van der Waals surface area contributed by atoms with Crippen LogP contribution in [0.5, 0.6) is 0 Å². The lowest BCUT2D eigenvalue weighted by atomic mass is 9.87. The molecule has 7 heteroatoms. The lowest BCUT2D eigenvalue weighted by molar-refractivity contribution is -0.147. The summed E-state index contributed by atoms with van der Waals surface area (Å²) in [5.41, 5.74) is 1.87. The number of amides is 2. The van der Waals surface area contributed by atoms with E-state index in [1.54, 1.807) is 4.90 Å². The zero-order valence-corrected chi connectivity index (χ0v) is 15.3.